The summed E-state index contributed by atoms with van der Waals surface area (Å²) in [6, 6.07) is 9.30. The molecule has 2 atom stereocenters. The Labute approximate surface area is 138 Å². The van der Waals surface area contributed by atoms with Crippen molar-refractivity contribution in [3.8, 4) is 0 Å². The fourth-order valence-electron chi connectivity index (χ4n) is 3.26. The van der Waals surface area contributed by atoms with Crippen LogP contribution in [0, 0.1) is 0 Å². The molecule has 0 N–H and O–H groups in total. The van der Waals surface area contributed by atoms with Crippen molar-refractivity contribution in [2.45, 2.75) is 12.1 Å². The van der Waals surface area contributed by atoms with Gasteiger partial charge in [-0.15, -0.1) is 0 Å². The van der Waals surface area contributed by atoms with Crippen molar-refractivity contribution in [3.05, 3.63) is 54.6 Å². The molecule has 7 nitrogen and oxygen atoms in total. The van der Waals surface area contributed by atoms with Crippen LogP contribution in [0.25, 0.3) is 0 Å². The molecule has 2 unspecified atom stereocenters. The number of hydrogen-bond acceptors (Lipinski definition) is 5. The van der Waals surface area contributed by atoms with Gasteiger partial charge < -0.3 is 14.5 Å². The standard InChI is InChI=1S/C17H16N4O3/c22-16-11-24-15-10-20(17(23)13-8-18-6-7-19-13)9-14(15)21(16)12-4-2-1-3-5-12/h1-8,14-15H,9-11H2. The molecule has 2 aromatic rings. The smallest absolute Gasteiger partial charge is 0.274 e. The lowest BCUT2D eigenvalue weighted by Crippen LogP contribution is -2.54. The maximum Gasteiger partial charge on any atom is 0.274 e. The third kappa shape index (κ3) is 2.52. The normalized spacial score (nSPS) is 23.2. The fourth-order valence-corrected chi connectivity index (χ4v) is 3.26. The summed E-state index contributed by atoms with van der Waals surface area (Å²) in [6.07, 6.45) is 4.28. The van der Waals surface area contributed by atoms with E-state index in [0.717, 1.165) is 5.69 Å². The minimum atomic E-state index is -0.193. The quantitative estimate of drug-likeness (QED) is 0.814. The van der Waals surface area contributed by atoms with E-state index >= 15 is 0 Å². The third-order valence-electron chi connectivity index (χ3n) is 4.36. The Morgan fingerprint density at radius 1 is 1.17 bits per heavy atom. The van der Waals surface area contributed by atoms with E-state index in [-0.39, 0.29) is 30.6 Å². The number of amides is 2. The van der Waals surface area contributed by atoms with Gasteiger partial charge in [-0.05, 0) is 12.1 Å². The van der Waals surface area contributed by atoms with Gasteiger partial charge in [0.25, 0.3) is 11.8 Å². The van der Waals surface area contributed by atoms with Crippen LogP contribution in [0.1, 0.15) is 10.5 Å². The minimum Gasteiger partial charge on any atom is -0.364 e. The zero-order chi connectivity index (χ0) is 16.5. The number of para-hydroxylation sites is 1. The lowest BCUT2D eigenvalue weighted by atomic mass is 10.1. The van der Waals surface area contributed by atoms with Crippen molar-refractivity contribution in [1.82, 2.24) is 14.9 Å². The number of anilines is 1. The first-order valence-corrected chi connectivity index (χ1v) is 7.78. The Bertz CT molecular complexity index is 753. The van der Waals surface area contributed by atoms with Crippen LogP contribution < -0.4 is 4.90 Å². The van der Waals surface area contributed by atoms with Crippen LogP contribution in [-0.2, 0) is 9.53 Å². The number of benzene rings is 1. The maximum atomic E-state index is 12.6. The van der Waals surface area contributed by atoms with Crippen molar-refractivity contribution in [3.63, 3.8) is 0 Å². The van der Waals surface area contributed by atoms with E-state index in [4.69, 9.17) is 4.74 Å². The topological polar surface area (TPSA) is 75.6 Å². The first-order chi connectivity index (χ1) is 11.7. The highest BCUT2D eigenvalue weighted by atomic mass is 16.5. The third-order valence-corrected chi connectivity index (χ3v) is 4.36. The summed E-state index contributed by atoms with van der Waals surface area (Å²) in [6.45, 7) is 0.890. The minimum absolute atomic E-state index is 0.0310. The van der Waals surface area contributed by atoms with Crippen LogP contribution >= 0.6 is 0 Å². The van der Waals surface area contributed by atoms with E-state index in [0.29, 0.717) is 18.8 Å². The van der Waals surface area contributed by atoms with Crippen LogP contribution in [0.3, 0.4) is 0 Å². The Hall–Kier alpha value is -2.80. The van der Waals surface area contributed by atoms with E-state index in [9.17, 15) is 9.59 Å². The second-order valence-corrected chi connectivity index (χ2v) is 5.82. The number of rotatable bonds is 2. The molecule has 0 spiro atoms. The average molecular weight is 324 g/mol. The van der Waals surface area contributed by atoms with Crippen LogP contribution in [-0.4, -0.2) is 58.5 Å². The summed E-state index contributed by atoms with van der Waals surface area (Å²) < 4.78 is 5.66. The molecule has 2 fully saturated rings. The van der Waals surface area contributed by atoms with E-state index in [1.807, 2.05) is 30.3 Å². The molecule has 3 heterocycles. The van der Waals surface area contributed by atoms with Gasteiger partial charge in [-0.3, -0.25) is 14.6 Å². The van der Waals surface area contributed by atoms with Gasteiger partial charge in [-0.25, -0.2) is 4.98 Å². The zero-order valence-electron chi connectivity index (χ0n) is 12.9. The van der Waals surface area contributed by atoms with Gasteiger partial charge in [0.1, 0.15) is 12.3 Å². The van der Waals surface area contributed by atoms with Crippen molar-refractivity contribution in [2.24, 2.45) is 0 Å². The summed E-state index contributed by atoms with van der Waals surface area (Å²) in [4.78, 5) is 36.4. The molecule has 1 aromatic heterocycles. The van der Waals surface area contributed by atoms with E-state index < -0.39 is 0 Å². The lowest BCUT2D eigenvalue weighted by molar-refractivity contribution is -0.130. The van der Waals surface area contributed by atoms with Crippen LogP contribution in [0.15, 0.2) is 48.9 Å². The zero-order valence-corrected chi connectivity index (χ0v) is 12.9. The van der Waals surface area contributed by atoms with Crippen LogP contribution in [0.5, 0.6) is 0 Å². The van der Waals surface area contributed by atoms with E-state index in [1.54, 1.807) is 9.80 Å². The molecule has 0 bridgehead atoms. The lowest BCUT2D eigenvalue weighted by Gasteiger charge is -2.36. The number of morpholine rings is 1. The van der Waals surface area contributed by atoms with Crippen molar-refractivity contribution in [2.75, 3.05) is 24.6 Å². The Morgan fingerprint density at radius 3 is 2.75 bits per heavy atom. The Morgan fingerprint density at radius 2 is 2.00 bits per heavy atom. The number of likely N-dealkylation sites (tertiary alicyclic amines) is 1. The molecular formula is C17H16N4O3. The van der Waals surface area contributed by atoms with E-state index in [2.05, 4.69) is 9.97 Å². The number of aromatic nitrogens is 2. The summed E-state index contributed by atoms with van der Waals surface area (Å²) in [5, 5.41) is 0. The molecule has 24 heavy (non-hydrogen) atoms. The molecule has 4 rings (SSSR count). The Kier molecular flexibility index (Phi) is 3.70. The highest BCUT2D eigenvalue weighted by Crippen LogP contribution is 2.29. The summed E-state index contributed by atoms with van der Waals surface area (Å²) in [5.41, 5.74) is 1.13. The number of carbonyl (C=O) groups is 2. The van der Waals surface area contributed by atoms with Crippen molar-refractivity contribution in [1.29, 1.82) is 0 Å². The molecule has 1 aromatic carbocycles. The Balaban J connectivity index is 1.59. The number of nitrogens with zero attached hydrogens (tertiary/aromatic N) is 4. The van der Waals surface area contributed by atoms with Gasteiger partial charge in [0, 0.05) is 31.2 Å². The fraction of sp³-hybridized carbons (Fsp3) is 0.294. The van der Waals surface area contributed by atoms with Gasteiger partial charge in [0.15, 0.2) is 0 Å². The molecule has 122 valence electrons. The van der Waals surface area contributed by atoms with Gasteiger partial charge in [0.2, 0.25) is 0 Å². The first kappa shape index (κ1) is 14.8. The second-order valence-electron chi connectivity index (χ2n) is 5.82. The predicted octanol–water partition coefficient (Wildman–Crippen LogP) is 0.733. The average Bonchev–Trinajstić information content (AvgIpc) is 3.06. The van der Waals surface area contributed by atoms with Gasteiger partial charge in [-0.2, -0.15) is 0 Å². The highest BCUT2D eigenvalue weighted by molar-refractivity contribution is 5.97. The second kappa shape index (κ2) is 6.01. The molecule has 2 saturated heterocycles. The molecule has 0 saturated carbocycles. The summed E-state index contributed by atoms with van der Waals surface area (Å²) in [7, 11) is 0. The van der Waals surface area contributed by atoms with Crippen LogP contribution in [0.4, 0.5) is 5.69 Å². The number of carbonyl (C=O) groups excluding carboxylic acids is 2. The largest absolute Gasteiger partial charge is 0.364 e. The van der Waals surface area contributed by atoms with Gasteiger partial charge in [0.05, 0.1) is 18.3 Å². The number of hydrogen-bond donors (Lipinski definition) is 0. The summed E-state index contributed by atoms with van der Waals surface area (Å²) >= 11 is 0. The van der Waals surface area contributed by atoms with Gasteiger partial charge >= 0.3 is 0 Å². The molecule has 0 radical (unpaired) electrons. The van der Waals surface area contributed by atoms with Crippen molar-refractivity contribution >= 4 is 17.5 Å². The van der Waals surface area contributed by atoms with Crippen LogP contribution in [0.2, 0.25) is 0 Å². The predicted molar refractivity (Wildman–Crippen MR) is 85.4 cm³/mol. The van der Waals surface area contributed by atoms with E-state index in [1.165, 1.54) is 18.6 Å². The monoisotopic (exact) mass is 324 g/mol. The summed E-state index contributed by atoms with van der Waals surface area (Å²) in [5.74, 6) is -0.280. The first-order valence-electron chi connectivity index (χ1n) is 7.78. The molecule has 2 aliphatic heterocycles. The van der Waals surface area contributed by atoms with Gasteiger partial charge in [-0.1, -0.05) is 18.2 Å². The van der Waals surface area contributed by atoms with Crippen molar-refractivity contribution < 1.29 is 14.3 Å². The maximum absolute atomic E-state index is 12.6. The number of ether oxygens (including phenoxy) is 1. The molecule has 0 aliphatic carbocycles. The molecule has 2 amide bonds. The highest BCUT2D eigenvalue weighted by Gasteiger charge is 2.45. The molecule has 2 aliphatic rings. The molecular weight excluding hydrogens is 308 g/mol. The SMILES string of the molecule is O=C(c1cnccn1)N1CC2OCC(=O)N(c3ccccc3)C2C1. The number of fused-ring (bicyclic) bond motifs is 1. The molecule has 7 heteroatoms.